The first-order chi connectivity index (χ1) is 13.6. The van der Waals surface area contributed by atoms with Crippen molar-refractivity contribution in [2.45, 2.75) is 19.0 Å². The van der Waals surface area contributed by atoms with Gasteiger partial charge in [-0.25, -0.2) is 0 Å². The Morgan fingerprint density at radius 1 is 0.966 bits per heavy atom. The minimum Gasteiger partial charge on any atom is -0.339 e. The fraction of sp³-hybridized carbons (Fsp3) is 0.300. The van der Waals surface area contributed by atoms with E-state index in [-0.39, 0.29) is 23.3 Å². The molecule has 3 rings (SSSR count). The zero-order chi connectivity index (χ0) is 21.2. The highest BCUT2D eigenvalue weighted by atomic mass is 35.5. The van der Waals surface area contributed by atoms with Crippen LogP contribution in [0.15, 0.2) is 42.5 Å². The Hall–Kier alpha value is -2.25. The van der Waals surface area contributed by atoms with Crippen LogP contribution < -0.4 is 5.32 Å². The van der Waals surface area contributed by atoms with Gasteiger partial charge in [-0.3, -0.25) is 9.59 Å². The predicted molar refractivity (Wildman–Crippen MR) is 105 cm³/mol. The summed E-state index contributed by atoms with van der Waals surface area (Å²) in [6.07, 6.45) is -3.54. The van der Waals surface area contributed by atoms with Crippen LogP contribution in [0.25, 0.3) is 0 Å². The second-order valence-corrected chi connectivity index (χ2v) is 7.66. The second kappa shape index (κ2) is 8.63. The lowest BCUT2D eigenvalue weighted by molar-refractivity contribution is -0.137. The van der Waals surface area contributed by atoms with Gasteiger partial charge in [-0.1, -0.05) is 23.2 Å². The molecule has 0 unspecified atom stereocenters. The van der Waals surface area contributed by atoms with Gasteiger partial charge in [-0.05, 0) is 55.3 Å². The molecule has 2 amide bonds. The van der Waals surface area contributed by atoms with Gasteiger partial charge in [0.25, 0.3) is 5.91 Å². The maximum atomic E-state index is 12.6. The minimum absolute atomic E-state index is 0.189. The summed E-state index contributed by atoms with van der Waals surface area (Å²) in [6, 6.07) is 8.88. The van der Waals surface area contributed by atoms with Crippen molar-refractivity contribution in [3.63, 3.8) is 0 Å². The van der Waals surface area contributed by atoms with Crippen molar-refractivity contribution in [2.24, 2.45) is 5.92 Å². The van der Waals surface area contributed by atoms with Crippen molar-refractivity contribution in [1.82, 2.24) is 4.90 Å². The Labute approximate surface area is 175 Å². The van der Waals surface area contributed by atoms with E-state index in [0.29, 0.717) is 41.7 Å². The SMILES string of the molecule is O=C(Nc1cc(Cl)cc(Cl)c1)C1CCN(C(=O)c2ccc(C(F)(F)F)cc2)CC1. The average molecular weight is 445 g/mol. The molecular weight excluding hydrogens is 428 g/mol. The van der Waals surface area contributed by atoms with Crippen molar-refractivity contribution in [3.05, 3.63) is 63.6 Å². The van der Waals surface area contributed by atoms with Gasteiger partial charge in [0.15, 0.2) is 0 Å². The number of halogens is 5. The minimum atomic E-state index is -4.44. The summed E-state index contributed by atoms with van der Waals surface area (Å²) in [6.45, 7) is 0.683. The molecule has 1 aliphatic rings. The lowest BCUT2D eigenvalue weighted by atomic mass is 9.95. The van der Waals surface area contributed by atoms with Crippen LogP contribution in [0.5, 0.6) is 0 Å². The van der Waals surface area contributed by atoms with E-state index in [1.54, 1.807) is 23.1 Å². The number of anilines is 1. The molecule has 0 aliphatic carbocycles. The van der Waals surface area contributed by atoms with Crippen molar-refractivity contribution < 1.29 is 22.8 Å². The normalized spacial score (nSPS) is 15.3. The molecule has 1 heterocycles. The van der Waals surface area contributed by atoms with Crippen LogP contribution in [-0.2, 0) is 11.0 Å². The number of nitrogens with one attached hydrogen (secondary N) is 1. The number of carbonyl (C=O) groups is 2. The van der Waals surface area contributed by atoms with E-state index in [2.05, 4.69) is 5.32 Å². The van der Waals surface area contributed by atoms with E-state index in [0.717, 1.165) is 12.1 Å². The summed E-state index contributed by atoms with van der Waals surface area (Å²) >= 11 is 11.8. The molecule has 1 saturated heterocycles. The molecule has 154 valence electrons. The van der Waals surface area contributed by atoms with E-state index in [4.69, 9.17) is 23.2 Å². The fourth-order valence-corrected chi connectivity index (χ4v) is 3.73. The van der Waals surface area contributed by atoms with Gasteiger partial charge in [0.1, 0.15) is 0 Å². The number of alkyl halides is 3. The van der Waals surface area contributed by atoms with Gasteiger partial charge < -0.3 is 10.2 Å². The first-order valence-corrected chi connectivity index (χ1v) is 9.62. The quantitative estimate of drug-likeness (QED) is 0.678. The first-order valence-electron chi connectivity index (χ1n) is 8.87. The molecule has 0 aromatic heterocycles. The lowest BCUT2D eigenvalue weighted by Gasteiger charge is -2.31. The summed E-state index contributed by atoms with van der Waals surface area (Å²) in [5.41, 5.74) is -0.115. The predicted octanol–water partition coefficient (Wildman–Crippen LogP) is 5.50. The Morgan fingerprint density at radius 2 is 1.52 bits per heavy atom. The van der Waals surface area contributed by atoms with Crippen LogP contribution in [0.4, 0.5) is 18.9 Å². The summed E-state index contributed by atoms with van der Waals surface area (Å²) in [4.78, 5) is 26.5. The third-order valence-corrected chi connectivity index (χ3v) is 5.18. The van der Waals surface area contributed by atoms with E-state index in [1.807, 2.05) is 0 Å². The highest BCUT2D eigenvalue weighted by Crippen LogP contribution is 2.30. The van der Waals surface area contributed by atoms with Crippen LogP contribution in [0.2, 0.25) is 10.0 Å². The maximum absolute atomic E-state index is 12.6. The number of amides is 2. The van der Waals surface area contributed by atoms with Gasteiger partial charge >= 0.3 is 6.18 Å². The molecule has 1 N–H and O–H groups in total. The summed E-state index contributed by atoms with van der Waals surface area (Å²) in [5, 5.41) is 3.59. The highest BCUT2D eigenvalue weighted by Gasteiger charge is 2.31. The Morgan fingerprint density at radius 3 is 2.03 bits per heavy atom. The Bertz CT molecular complexity index is 889. The van der Waals surface area contributed by atoms with Crippen molar-refractivity contribution in [1.29, 1.82) is 0 Å². The molecule has 0 atom stereocenters. The van der Waals surface area contributed by atoms with Gasteiger partial charge in [-0.15, -0.1) is 0 Å². The largest absolute Gasteiger partial charge is 0.416 e. The number of rotatable bonds is 3. The number of likely N-dealkylation sites (tertiary alicyclic amines) is 1. The zero-order valence-corrected chi connectivity index (χ0v) is 16.6. The van der Waals surface area contributed by atoms with Gasteiger partial charge in [0.2, 0.25) is 5.91 Å². The van der Waals surface area contributed by atoms with Crippen LogP contribution in [0.3, 0.4) is 0 Å². The maximum Gasteiger partial charge on any atom is 0.416 e. The standard InChI is InChI=1S/C20H17Cl2F3N2O2/c21-15-9-16(22)11-17(10-15)26-18(28)12-5-7-27(8-6-12)19(29)13-1-3-14(4-2-13)20(23,24)25/h1-4,9-12H,5-8H2,(H,26,28). The number of benzene rings is 2. The van der Waals surface area contributed by atoms with Crippen molar-refractivity contribution in [2.75, 3.05) is 18.4 Å². The molecule has 2 aromatic rings. The topological polar surface area (TPSA) is 49.4 Å². The molecule has 0 radical (unpaired) electrons. The molecule has 2 aromatic carbocycles. The molecule has 0 bridgehead atoms. The zero-order valence-electron chi connectivity index (χ0n) is 15.1. The fourth-order valence-electron chi connectivity index (χ4n) is 3.20. The Kier molecular flexibility index (Phi) is 6.39. The average Bonchev–Trinajstić information content (AvgIpc) is 2.66. The first kappa shape index (κ1) is 21.5. The molecule has 1 aliphatic heterocycles. The molecule has 29 heavy (non-hydrogen) atoms. The van der Waals surface area contributed by atoms with E-state index < -0.39 is 11.7 Å². The van der Waals surface area contributed by atoms with E-state index in [1.165, 1.54) is 12.1 Å². The van der Waals surface area contributed by atoms with Crippen LogP contribution in [0.1, 0.15) is 28.8 Å². The van der Waals surface area contributed by atoms with Crippen LogP contribution in [0, 0.1) is 5.92 Å². The molecular formula is C20H17Cl2F3N2O2. The Balaban J connectivity index is 1.57. The van der Waals surface area contributed by atoms with E-state index >= 15 is 0 Å². The summed E-state index contributed by atoms with van der Waals surface area (Å²) < 4.78 is 37.9. The summed E-state index contributed by atoms with van der Waals surface area (Å²) in [7, 11) is 0. The van der Waals surface area contributed by atoms with Gasteiger partial charge in [0.05, 0.1) is 5.56 Å². The summed E-state index contributed by atoms with van der Waals surface area (Å²) in [5.74, 6) is -0.825. The number of nitrogens with zero attached hydrogens (tertiary/aromatic N) is 1. The number of carbonyl (C=O) groups excluding carboxylic acids is 2. The van der Waals surface area contributed by atoms with E-state index in [9.17, 15) is 22.8 Å². The number of hydrogen-bond acceptors (Lipinski definition) is 2. The lowest BCUT2D eigenvalue weighted by Crippen LogP contribution is -2.41. The molecule has 9 heteroatoms. The molecule has 4 nitrogen and oxygen atoms in total. The molecule has 0 spiro atoms. The van der Waals surface area contributed by atoms with Crippen molar-refractivity contribution in [3.8, 4) is 0 Å². The number of hydrogen-bond donors (Lipinski definition) is 1. The number of piperidine rings is 1. The molecule has 0 saturated carbocycles. The monoisotopic (exact) mass is 444 g/mol. The molecule has 1 fully saturated rings. The smallest absolute Gasteiger partial charge is 0.339 e. The second-order valence-electron chi connectivity index (χ2n) is 6.79. The van der Waals surface area contributed by atoms with Gasteiger partial charge in [0, 0.05) is 40.3 Å². The van der Waals surface area contributed by atoms with Gasteiger partial charge in [-0.2, -0.15) is 13.2 Å². The van der Waals surface area contributed by atoms with Crippen LogP contribution in [-0.4, -0.2) is 29.8 Å². The third kappa shape index (κ3) is 5.42. The van der Waals surface area contributed by atoms with Crippen LogP contribution >= 0.6 is 23.2 Å². The van der Waals surface area contributed by atoms with Crippen molar-refractivity contribution >= 4 is 40.7 Å². The highest BCUT2D eigenvalue weighted by molar-refractivity contribution is 6.35. The third-order valence-electron chi connectivity index (χ3n) is 4.74.